The van der Waals surface area contributed by atoms with Gasteiger partial charge in [0.25, 0.3) is 0 Å². The first-order valence-electron chi connectivity index (χ1n) is 8.18. The van der Waals surface area contributed by atoms with E-state index in [0.717, 1.165) is 17.9 Å². The van der Waals surface area contributed by atoms with Gasteiger partial charge < -0.3 is 5.32 Å². The summed E-state index contributed by atoms with van der Waals surface area (Å²) in [4.78, 5) is 5.37. The molecular weight excluding hydrogens is 234 g/mol. The van der Waals surface area contributed by atoms with Crippen molar-refractivity contribution in [2.75, 3.05) is 33.2 Å². The zero-order valence-corrected chi connectivity index (χ0v) is 13.5. The summed E-state index contributed by atoms with van der Waals surface area (Å²) in [6.45, 7) is 14.5. The van der Waals surface area contributed by atoms with Gasteiger partial charge in [-0.3, -0.25) is 9.80 Å². The number of likely N-dealkylation sites (N-methyl/N-ethyl adjacent to an activating group) is 1. The largest absolute Gasteiger partial charge is 0.315 e. The van der Waals surface area contributed by atoms with E-state index in [0.29, 0.717) is 12.1 Å². The Hall–Kier alpha value is -0.120. The van der Waals surface area contributed by atoms with E-state index in [4.69, 9.17) is 0 Å². The summed E-state index contributed by atoms with van der Waals surface area (Å²) in [6.07, 6.45) is 2.74. The Balaban J connectivity index is 1.96. The monoisotopic (exact) mass is 267 g/mol. The summed E-state index contributed by atoms with van der Waals surface area (Å²) in [5.74, 6) is 1.70. The molecule has 4 unspecified atom stereocenters. The minimum Gasteiger partial charge on any atom is -0.315 e. The van der Waals surface area contributed by atoms with Gasteiger partial charge in [-0.15, -0.1) is 0 Å². The predicted octanol–water partition coefficient (Wildman–Crippen LogP) is 2.03. The quantitative estimate of drug-likeness (QED) is 0.844. The molecule has 0 aromatic carbocycles. The molecule has 4 atom stereocenters. The maximum absolute atomic E-state index is 3.59. The SMILES string of the molecule is CNC1CC(C)CC(C)C1N1CCN(C(C)C)CC1. The van der Waals surface area contributed by atoms with Gasteiger partial charge in [0.15, 0.2) is 0 Å². The maximum Gasteiger partial charge on any atom is 0.0276 e. The minimum absolute atomic E-state index is 0.685. The third-order valence-corrected chi connectivity index (χ3v) is 5.30. The van der Waals surface area contributed by atoms with E-state index in [1.165, 1.54) is 39.0 Å². The normalized spacial score (nSPS) is 38.8. The Kier molecular flexibility index (Phi) is 5.27. The second kappa shape index (κ2) is 6.55. The second-order valence-corrected chi connectivity index (χ2v) is 7.11. The summed E-state index contributed by atoms with van der Waals surface area (Å²) in [6, 6.07) is 2.13. The van der Waals surface area contributed by atoms with E-state index in [1.807, 2.05) is 0 Å². The molecule has 1 heterocycles. The molecule has 1 saturated carbocycles. The van der Waals surface area contributed by atoms with E-state index < -0.39 is 0 Å². The maximum atomic E-state index is 3.59. The Morgan fingerprint density at radius 2 is 1.63 bits per heavy atom. The molecule has 0 aromatic rings. The zero-order chi connectivity index (χ0) is 14.0. The molecule has 0 amide bonds. The van der Waals surface area contributed by atoms with Gasteiger partial charge in [-0.25, -0.2) is 0 Å². The fraction of sp³-hybridized carbons (Fsp3) is 1.00. The van der Waals surface area contributed by atoms with Gasteiger partial charge in [0.1, 0.15) is 0 Å². The highest BCUT2D eigenvalue weighted by molar-refractivity contribution is 4.95. The fourth-order valence-electron chi connectivity index (χ4n) is 4.29. The standard InChI is InChI=1S/C16H33N3/c1-12(2)18-6-8-19(9-7-18)16-14(4)10-13(3)11-15(16)17-5/h12-17H,6-11H2,1-5H3. The first kappa shape index (κ1) is 15.3. The van der Waals surface area contributed by atoms with Gasteiger partial charge in [-0.05, 0) is 45.6 Å². The summed E-state index contributed by atoms with van der Waals surface area (Å²) < 4.78 is 0. The Bertz CT molecular complexity index is 271. The molecular formula is C16H33N3. The fourth-order valence-corrected chi connectivity index (χ4v) is 4.29. The number of rotatable bonds is 3. The lowest BCUT2D eigenvalue weighted by molar-refractivity contribution is 0.0180. The van der Waals surface area contributed by atoms with E-state index in [2.05, 4.69) is 49.9 Å². The average Bonchev–Trinajstić information content (AvgIpc) is 2.38. The number of hydrogen-bond donors (Lipinski definition) is 1. The lowest BCUT2D eigenvalue weighted by Gasteiger charge is -2.49. The minimum atomic E-state index is 0.685. The van der Waals surface area contributed by atoms with Crippen molar-refractivity contribution in [2.45, 2.75) is 58.7 Å². The summed E-state index contributed by atoms with van der Waals surface area (Å²) in [5, 5.41) is 3.59. The molecule has 1 aliphatic carbocycles. The lowest BCUT2D eigenvalue weighted by Crippen LogP contribution is -2.60. The van der Waals surface area contributed by atoms with Gasteiger partial charge >= 0.3 is 0 Å². The zero-order valence-electron chi connectivity index (χ0n) is 13.5. The van der Waals surface area contributed by atoms with Crippen molar-refractivity contribution in [3.8, 4) is 0 Å². The van der Waals surface area contributed by atoms with Gasteiger partial charge in [-0.2, -0.15) is 0 Å². The van der Waals surface area contributed by atoms with E-state index in [1.54, 1.807) is 0 Å². The van der Waals surface area contributed by atoms with Crippen LogP contribution in [0, 0.1) is 11.8 Å². The highest BCUT2D eigenvalue weighted by atomic mass is 15.3. The number of nitrogens with one attached hydrogen (secondary N) is 1. The Morgan fingerprint density at radius 1 is 1.00 bits per heavy atom. The molecule has 0 radical (unpaired) electrons. The van der Waals surface area contributed by atoms with Crippen LogP contribution in [0.5, 0.6) is 0 Å². The van der Waals surface area contributed by atoms with Gasteiger partial charge in [-0.1, -0.05) is 13.8 Å². The highest BCUT2D eigenvalue weighted by Gasteiger charge is 2.38. The van der Waals surface area contributed by atoms with Crippen LogP contribution in [0.4, 0.5) is 0 Å². The number of hydrogen-bond acceptors (Lipinski definition) is 3. The molecule has 1 saturated heterocycles. The first-order valence-corrected chi connectivity index (χ1v) is 8.18. The van der Waals surface area contributed by atoms with Crippen LogP contribution in [0.3, 0.4) is 0 Å². The molecule has 1 aliphatic heterocycles. The van der Waals surface area contributed by atoms with Gasteiger partial charge in [0.2, 0.25) is 0 Å². The van der Waals surface area contributed by atoms with Crippen molar-refractivity contribution in [1.82, 2.24) is 15.1 Å². The number of nitrogens with zero attached hydrogens (tertiary/aromatic N) is 2. The molecule has 0 spiro atoms. The van der Waals surface area contributed by atoms with Crippen molar-refractivity contribution in [3.63, 3.8) is 0 Å². The van der Waals surface area contributed by atoms with Crippen LogP contribution >= 0.6 is 0 Å². The van der Waals surface area contributed by atoms with E-state index >= 15 is 0 Å². The smallest absolute Gasteiger partial charge is 0.0276 e. The molecule has 3 nitrogen and oxygen atoms in total. The van der Waals surface area contributed by atoms with Crippen molar-refractivity contribution in [2.24, 2.45) is 11.8 Å². The van der Waals surface area contributed by atoms with Crippen molar-refractivity contribution in [3.05, 3.63) is 0 Å². The summed E-state index contributed by atoms with van der Waals surface area (Å²) in [7, 11) is 2.15. The molecule has 2 fully saturated rings. The lowest BCUT2D eigenvalue weighted by atomic mass is 9.75. The van der Waals surface area contributed by atoms with Crippen molar-refractivity contribution >= 4 is 0 Å². The third-order valence-electron chi connectivity index (χ3n) is 5.30. The molecule has 2 aliphatic rings. The van der Waals surface area contributed by atoms with Crippen LogP contribution < -0.4 is 5.32 Å². The van der Waals surface area contributed by atoms with Gasteiger partial charge in [0, 0.05) is 44.3 Å². The van der Waals surface area contributed by atoms with Crippen LogP contribution in [0.2, 0.25) is 0 Å². The topological polar surface area (TPSA) is 18.5 Å². The molecule has 2 rings (SSSR count). The predicted molar refractivity (Wildman–Crippen MR) is 82.5 cm³/mol. The van der Waals surface area contributed by atoms with Crippen LogP contribution in [0.25, 0.3) is 0 Å². The van der Waals surface area contributed by atoms with Crippen LogP contribution in [-0.4, -0.2) is 61.2 Å². The summed E-state index contributed by atoms with van der Waals surface area (Å²) in [5.41, 5.74) is 0. The Labute approximate surface area is 119 Å². The average molecular weight is 267 g/mol. The highest BCUT2D eigenvalue weighted by Crippen LogP contribution is 2.32. The molecule has 0 aromatic heterocycles. The molecule has 0 bridgehead atoms. The van der Waals surface area contributed by atoms with E-state index in [9.17, 15) is 0 Å². The summed E-state index contributed by atoms with van der Waals surface area (Å²) >= 11 is 0. The van der Waals surface area contributed by atoms with E-state index in [-0.39, 0.29) is 0 Å². The van der Waals surface area contributed by atoms with Crippen molar-refractivity contribution < 1.29 is 0 Å². The molecule has 112 valence electrons. The van der Waals surface area contributed by atoms with Crippen LogP contribution in [0.1, 0.15) is 40.5 Å². The Morgan fingerprint density at radius 3 is 2.16 bits per heavy atom. The third kappa shape index (κ3) is 3.50. The van der Waals surface area contributed by atoms with Gasteiger partial charge in [0.05, 0.1) is 0 Å². The van der Waals surface area contributed by atoms with Crippen LogP contribution in [-0.2, 0) is 0 Å². The van der Waals surface area contributed by atoms with Crippen LogP contribution in [0.15, 0.2) is 0 Å². The molecule has 1 N–H and O–H groups in total. The first-order chi connectivity index (χ1) is 9.02. The molecule has 19 heavy (non-hydrogen) atoms. The second-order valence-electron chi connectivity index (χ2n) is 7.11. The molecule has 3 heteroatoms. The number of piperazine rings is 1. The van der Waals surface area contributed by atoms with Crippen molar-refractivity contribution in [1.29, 1.82) is 0 Å².